The minimum absolute atomic E-state index is 0.168. The first-order chi connectivity index (χ1) is 26.6. The number of rotatable bonds is 4. The first kappa shape index (κ1) is 49.1. The lowest BCUT2D eigenvalue weighted by molar-refractivity contribution is -0.371. The number of ether oxygens (including phenoxy) is 3. The van der Waals surface area contributed by atoms with Crippen LogP contribution in [0.4, 0.5) is 0 Å². The van der Waals surface area contributed by atoms with Crippen LogP contribution in [0.15, 0.2) is 36.5 Å². The third-order valence-electron chi connectivity index (χ3n) is 13.8. The molecule has 11 heteroatoms. The number of aliphatic hydroxyl groups is 5. The normalized spacial score (nSPS) is 46.2. The molecule has 7 unspecified atom stereocenters. The molecule has 3 rings (SSSR count). The maximum atomic E-state index is 13.6. The van der Waals surface area contributed by atoms with Crippen molar-refractivity contribution in [1.82, 2.24) is 0 Å². The predicted octanol–water partition coefficient (Wildman–Crippen LogP) is 6.27. The molecule has 2 fully saturated rings. The van der Waals surface area contributed by atoms with E-state index in [-0.39, 0.29) is 35.9 Å². The van der Waals surface area contributed by atoms with Crippen LogP contribution in [0.5, 0.6) is 0 Å². The molecule has 1 spiro atoms. The summed E-state index contributed by atoms with van der Waals surface area (Å²) in [6.07, 6.45) is 10.3. The molecular weight excluding hydrogens is 728 g/mol. The Morgan fingerprint density at radius 2 is 1.47 bits per heavy atom. The summed E-state index contributed by atoms with van der Waals surface area (Å²) in [6, 6.07) is 0. The van der Waals surface area contributed by atoms with Gasteiger partial charge in [-0.2, -0.15) is 0 Å². The van der Waals surface area contributed by atoms with Gasteiger partial charge in [-0.3, -0.25) is 9.59 Å². The van der Waals surface area contributed by atoms with Crippen molar-refractivity contribution in [2.24, 2.45) is 53.3 Å². The molecule has 3 aliphatic rings. The van der Waals surface area contributed by atoms with Crippen molar-refractivity contribution >= 4 is 17.5 Å². The molecule has 0 saturated carbocycles. The zero-order valence-electron chi connectivity index (χ0n) is 36.5. The molecule has 0 aromatic rings. The molecule has 326 valence electrons. The Kier molecular flexibility index (Phi) is 18.4. The average molecular weight is 805 g/mol. The van der Waals surface area contributed by atoms with E-state index in [0.717, 1.165) is 19.3 Å². The Hall–Kier alpha value is -2.25. The predicted molar refractivity (Wildman–Crippen MR) is 220 cm³/mol. The van der Waals surface area contributed by atoms with Crippen LogP contribution >= 0.6 is 0 Å². The molecule has 3 aliphatic heterocycles. The van der Waals surface area contributed by atoms with Crippen molar-refractivity contribution in [3.05, 3.63) is 36.5 Å². The summed E-state index contributed by atoms with van der Waals surface area (Å²) >= 11 is 0. The molecule has 11 nitrogen and oxygen atoms in total. The van der Waals surface area contributed by atoms with Crippen molar-refractivity contribution in [3.63, 3.8) is 0 Å². The number of ketones is 2. The van der Waals surface area contributed by atoms with Crippen LogP contribution in [0.2, 0.25) is 0 Å². The van der Waals surface area contributed by atoms with E-state index in [9.17, 15) is 39.9 Å². The van der Waals surface area contributed by atoms with Crippen LogP contribution in [0.25, 0.3) is 0 Å². The molecule has 0 radical (unpaired) electrons. The van der Waals surface area contributed by atoms with Gasteiger partial charge in [0.05, 0.1) is 36.6 Å². The van der Waals surface area contributed by atoms with E-state index in [1.54, 1.807) is 13.8 Å². The van der Waals surface area contributed by atoms with Gasteiger partial charge in [-0.05, 0) is 69.6 Å². The third kappa shape index (κ3) is 12.0. The number of fused-ring (bicyclic) bond motifs is 2. The standard InChI is InChI=1S/C46H76O11/c1-12-34-18-16-14-15-17-28(5)43(52)45(11,54)44(53)32(9)41(51)31(8)40(50)30(7)39(49)27(4)19-22-38(48)55-42-29(6)36(21-20-34)56-46(33(42)10)24-23-26(3)37(57-46)25-35(47)13-2/h14-16,18-19,22,26-37,39,41-43,47,49,51-52,54H,12-13,17,20-21,23-25H2,1-11H3/b15-14-,18-16-,22-19+/t26?,27-,28+,29-,30-,31-,32-,33?,34+,35?,36?,37?,39+,41-,42?,43+,45+,46?/m0/s1. The zero-order chi connectivity index (χ0) is 43.0. The van der Waals surface area contributed by atoms with Gasteiger partial charge in [0, 0.05) is 48.0 Å². The van der Waals surface area contributed by atoms with Crippen molar-refractivity contribution in [1.29, 1.82) is 0 Å². The molecule has 18 atom stereocenters. The molecular formula is C46H76O11. The Morgan fingerprint density at radius 3 is 2.11 bits per heavy atom. The Balaban J connectivity index is 1.99. The third-order valence-corrected chi connectivity index (χ3v) is 13.8. The van der Waals surface area contributed by atoms with Crippen LogP contribution in [-0.4, -0.2) is 97.2 Å². The second-order valence-corrected chi connectivity index (χ2v) is 18.2. The van der Waals surface area contributed by atoms with Gasteiger partial charge in [-0.1, -0.05) is 99.6 Å². The summed E-state index contributed by atoms with van der Waals surface area (Å²) in [7, 11) is 0. The van der Waals surface area contributed by atoms with Crippen LogP contribution in [0, 0.1) is 53.3 Å². The Bertz CT molecular complexity index is 1410. The van der Waals surface area contributed by atoms with Crippen LogP contribution in [-0.2, 0) is 28.6 Å². The van der Waals surface area contributed by atoms with Gasteiger partial charge in [-0.15, -0.1) is 0 Å². The summed E-state index contributed by atoms with van der Waals surface area (Å²) in [5, 5.41) is 55.4. The van der Waals surface area contributed by atoms with Gasteiger partial charge in [0.25, 0.3) is 0 Å². The maximum Gasteiger partial charge on any atom is 0.330 e. The molecule has 57 heavy (non-hydrogen) atoms. The SMILES string of the molecule is CCC(O)CC1OC2(CCC1C)OC1CC[C@H](CC)/C=C\C=C/C[C@@H](C)[C@@H](O)[C@@](C)(O)C(=O)[C@@H](C)[C@@H](O)[C@@H](C)C(=O)[C@@H](C)[C@H](O)[C@@H](C)/C=C/C(=O)OC(C2C)[C@H]1C. The van der Waals surface area contributed by atoms with Gasteiger partial charge in [-0.25, -0.2) is 4.79 Å². The van der Waals surface area contributed by atoms with Gasteiger partial charge >= 0.3 is 5.97 Å². The zero-order valence-corrected chi connectivity index (χ0v) is 36.5. The number of allylic oxidation sites excluding steroid dienone is 4. The van der Waals surface area contributed by atoms with E-state index in [2.05, 4.69) is 19.9 Å². The highest BCUT2D eigenvalue weighted by Gasteiger charge is 2.56. The highest BCUT2D eigenvalue weighted by atomic mass is 16.7. The molecule has 0 aliphatic carbocycles. The summed E-state index contributed by atoms with van der Waals surface area (Å²) in [5.74, 6) is -7.28. The first-order valence-electron chi connectivity index (χ1n) is 21.7. The summed E-state index contributed by atoms with van der Waals surface area (Å²) in [6.45, 7) is 19.4. The first-order valence-corrected chi connectivity index (χ1v) is 21.7. The molecule has 2 bridgehead atoms. The van der Waals surface area contributed by atoms with Crippen molar-refractivity contribution < 1.29 is 54.1 Å². The van der Waals surface area contributed by atoms with Crippen LogP contribution in [0.3, 0.4) is 0 Å². The monoisotopic (exact) mass is 805 g/mol. The molecule has 2 saturated heterocycles. The van der Waals surface area contributed by atoms with Gasteiger partial charge < -0.3 is 39.7 Å². The lowest BCUT2D eigenvalue weighted by Crippen LogP contribution is -2.62. The number of aliphatic hydroxyl groups excluding tert-OH is 4. The minimum atomic E-state index is -2.18. The summed E-state index contributed by atoms with van der Waals surface area (Å²) in [5.41, 5.74) is -2.18. The van der Waals surface area contributed by atoms with Crippen LogP contribution < -0.4 is 0 Å². The highest BCUT2D eigenvalue weighted by Crippen LogP contribution is 2.49. The average Bonchev–Trinajstić information content (AvgIpc) is 3.19. The number of hydrogen-bond acceptors (Lipinski definition) is 11. The summed E-state index contributed by atoms with van der Waals surface area (Å²) < 4.78 is 20.1. The van der Waals surface area contributed by atoms with E-state index in [1.165, 1.54) is 39.8 Å². The van der Waals surface area contributed by atoms with E-state index >= 15 is 0 Å². The van der Waals surface area contributed by atoms with Gasteiger partial charge in [0.15, 0.2) is 11.6 Å². The Labute approximate surface area is 342 Å². The largest absolute Gasteiger partial charge is 0.458 e. The van der Waals surface area contributed by atoms with Crippen molar-refractivity contribution in [2.75, 3.05) is 0 Å². The second kappa shape index (κ2) is 21.3. The molecule has 0 amide bonds. The smallest absolute Gasteiger partial charge is 0.330 e. The lowest BCUT2D eigenvalue weighted by Gasteiger charge is -2.55. The number of carbonyl (C=O) groups is 3. The maximum absolute atomic E-state index is 13.6. The van der Waals surface area contributed by atoms with E-state index in [4.69, 9.17) is 14.2 Å². The number of Topliss-reactive ketones (excluding diaryl/α,β-unsaturated/α-hetero) is 2. The highest BCUT2D eigenvalue weighted by molar-refractivity contribution is 5.91. The lowest BCUT2D eigenvalue weighted by atomic mass is 9.74. The fourth-order valence-electron chi connectivity index (χ4n) is 9.11. The van der Waals surface area contributed by atoms with E-state index in [0.29, 0.717) is 32.1 Å². The minimum Gasteiger partial charge on any atom is -0.458 e. The van der Waals surface area contributed by atoms with Crippen LogP contribution in [0.1, 0.15) is 128 Å². The molecule has 5 N–H and O–H groups in total. The van der Waals surface area contributed by atoms with Crippen molar-refractivity contribution in [3.8, 4) is 0 Å². The number of esters is 1. The number of carbonyl (C=O) groups excluding carboxylic acids is 3. The van der Waals surface area contributed by atoms with Gasteiger partial charge in [0.2, 0.25) is 0 Å². The van der Waals surface area contributed by atoms with Crippen molar-refractivity contribution in [2.45, 2.75) is 182 Å². The topological polar surface area (TPSA) is 180 Å². The van der Waals surface area contributed by atoms with E-state index in [1.807, 2.05) is 39.0 Å². The number of hydrogen-bond donors (Lipinski definition) is 5. The fourth-order valence-corrected chi connectivity index (χ4v) is 9.11. The molecule has 0 aromatic carbocycles. The molecule has 3 heterocycles. The van der Waals surface area contributed by atoms with E-state index < -0.39 is 89.0 Å². The van der Waals surface area contributed by atoms with Gasteiger partial charge in [0.1, 0.15) is 17.5 Å². The quantitative estimate of drug-likeness (QED) is 0.202. The second-order valence-electron chi connectivity index (χ2n) is 18.2. The fraction of sp³-hybridized carbons (Fsp3) is 0.804. The molecule has 0 aromatic heterocycles. The summed E-state index contributed by atoms with van der Waals surface area (Å²) in [4.78, 5) is 40.6. The Morgan fingerprint density at radius 1 is 0.825 bits per heavy atom.